The van der Waals surface area contributed by atoms with Gasteiger partial charge in [0.15, 0.2) is 0 Å². The lowest BCUT2D eigenvalue weighted by Crippen LogP contribution is -2.20. The van der Waals surface area contributed by atoms with E-state index < -0.39 is 0 Å². The van der Waals surface area contributed by atoms with Gasteiger partial charge in [0.1, 0.15) is 0 Å². The predicted octanol–water partition coefficient (Wildman–Crippen LogP) is 0.696. The summed E-state index contributed by atoms with van der Waals surface area (Å²) in [6.07, 6.45) is 3.82. The normalized spacial score (nSPS) is 9.94. The van der Waals surface area contributed by atoms with E-state index in [-0.39, 0.29) is 5.91 Å². The molecule has 0 aliphatic heterocycles. The Balaban J connectivity index is 2.69. The summed E-state index contributed by atoms with van der Waals surface area (Å²) < 4.78 is 0. The lowest BCUT2D eigenvalue weighted by Gasteiger charge is -2.17. The number of rotatable bonds is 5. The highest BCUT2D eigenvalue weighted by atomic mass is 16.1. The van der Waals surface area contributed by atoms with Crippen molar-refractivity contribution in [3.8, 4) is 0 Å². The number of nitrogens with one attached hydrogen (secondary N) is 2. The summed E-state index contributed by atoms with van der Waals surface area (Å²) in [7, 11) is 5.68. The van der Waals surface area contributed by atoms with Crippen LogP contribution in [-0.4, -0.2) is 38.6 Å². The zero-order valence-electron chi connectivity index (χ0n) is 9.95. The average molecular weight is 222 g/mol. The van der Waals surface area contributed by atoms with Gasteiger partial charge in [0.05, 0.1) is 17.6 Å². The summed E-state index contributed by atoms with van der Waals surface area (Å²) in [5.74, 6) is -0.00884. The van der Waals surface area contributed by atoms with Crippen LogP contribution in [0.25, 0.3) is 0 Å². The topological polar surface area (TPSA) is 57.3 Å². The Kier molecular flexibility index (Phi) is 4.72. The van der Waals surface area contributed by atoms with Crippen LogP contribution in [0.5, 0.6) is 0 Å². The summed E-state index contributed by atoms with van der Waals surface area (Å²) in [5, 5.41) is 5.78. The monoisotopic (exact) mass is 222 g/mol. The minimum absolute atomic E-state index is 0.00884. The molecule has 0 bridgehead atoms. The Bertz CT molecular complexity index is 352. The van der Waals surface area contributed by atoms with Crippen molar-refractivity contribution in [3.63, 3.8) is 0 Å². The van der Waals surface area contributed by atoms with E-state index in [4.69, 9.17) is 0 Å². The Labute approximate surface area is 95.9 Å². The lowest BCUT2D eigenvalue weighted by molar-refractivity contribution is -0.116. The number of hydrogen-bond donors (Lipinski definition) is 2. The third-order valence-electron chi connectivity index (χ3n) is 2.16. The standard InChI is InChI=1S/C11H18N4O/c1-12-6-5-11(16)14-9-8-13-7-4-10(9)15(2)3/h4,7-8,12H,5-6H2,1-3H3,(H,14,16). The van der Waals surface area contributed by atoms with Gasteiger partial charge in [-0.25, -0.2) is 0 Å². The van der Waals surface area contributed by atoms with E-state index >= 15 is 0 Å². The molecule has 0 unspecified atom stereocenters. The van der Waals surface area contributed by atoms with E-state index in [0.717, 1.165) is 11.4 Å². The Morgan fingerprint density at radius 3 is 2.88 bits per heavy atom. The second kappa shape index (κ2) is 6.07. The van der Waals surface area contributed by atoms with Gasteiger partial charge >= 0.3 is 0 Å². The minimum atomic E-state index is -0.00884. The molecule has 1 heterocycles. The van der Waals surface area contributed by atoms with Crippen LogP contribution in [0, 0.1) is 0 Å². The molecule has 0 radical (unpaired) electrons. The van der Waals surface area contributed by atoms with Gasteiger partial charge in [-0.1, -0.05) is 0 Å². The summed E-state index contributed by atoms with van der Waals surface area (Å²) in [4.78, 5) is 17.5. The van der Waals surface area contributed by atoms with Crippen molar-refractivity contribution in [1.82, 2.24) is 10.3 Å². The maximum atomic E-state index is 11.5. The summed E-state index contributed by atoms with van der Waals surface area (Å²) in [6, 6.07) is 1.87. The van der Waals surface area contributed by atoms with E-state index in [1.54, 1.807) is 12.4 Å². The molecule has 1 aromatic heterocycles. The van der Waals surface area contributed by atoms with Gasteiger partial charge in [0.25, 0.3) is 0 Å². The molecular formula is C11H18N4O. The maximum Gasteiger partial charge on any atom is 0.225 e. The molecule has 16 heavy (non-hydrogen) atoms. The molecule has 0 aromatic carbocycles. The summed E-state index contributed by atoms with van der Waals surface area (Å²) >= 11 is 0. The van der Waals surface area contributed by atoms with Crippen molar-refractivity contribution >= 4 is 17.3 Å². The van der Waals surface area contributed by atoms with E-state index in [1.165, 1.54) is 0 Å². The smallest absolute Gasteiger partial charge is 0.225 e. The third-order valence-corrected chi connectivity index (χ3v) is 2.16. The Hall–Kier alpha value is -1.62. The molecule has 5 nitrogen and oxygen atoms in total. The highest BCUT2D eigenvalue weighted by molar-refractivity contribution is 5.94. The second-order valence-corrected chi connectivity index (χ2v) is 3.69. The molecule has 0 atom stereocenters. The number of hydrogen-bond acceptors (Lipinski definition) is 4. The number of amides is 1. The molecule has 0 aliphatic carbocycles. The van der Waals surface area contributed by atoms with Crippen LogP contribution < -0.4 is 15.5 Å². The van der Waals surface area contributed by atoms with Crippen LogP contribution in [0.4, 0.5) is 11.4 Å². The van der Waals surface area contributed by atoms with Gasteiger partial charge in [-0.15, -0.1) is 0 Å². The van der Waals surface area contributed by atoms with Gasteiger partial charge in [0.2, 0.25) is 5.91 Å². The van der Waals surface area contributed by atoms with Crippen LogP contribution in [-0.2, 0) is 4.79 Å². The predicted molar refractivity (Wildman–Crippen MR) is 65.7 cm³/mol. The first-order chi connectivity index (χ1) is 7.65. The highest BCUT2D eigenvalue weighted by Crippen LogP contribution is 2.22. The largest absolute Gasteiger partial charge is 0.376 e. The number of carbonyl (C=O) groups excluding carboxylic acids is 1. The fourth-order valence-electron chi connectivity index (χ4n) is 1.32. The van der Waals surface area contributed by atoms with Crippen LogP contribution in [0.1, 0.15) is 6.42 Å². The van der Waals surface area contributed by atoms with Crippen LogP contribution in [0.3, 0.4) is 0 Å². The molecule has 1 rings (SSSR count). The van der Waals surface area contributed by atoms with E-state index in [2.05, 4.69) is 15.6 Å². The molecule has 0 fully saturated rings. The molecule has 0 aliphatic rings. The molecule has 0 spiro atoms. The average Bonchev–Trinajstić information content (AvgIpc) is 2.27. The van der Waals surface area contributed by atoms with Gasteiger partial charge in [0, 0.05) is 33.3 Å². The number of nitrogens with zero attached hydrogens (tertiary/aromatic N) is 2. The molecule has 1 aromatic rings. The fraction of sp³-hybridized carbons (Fsp3) is 0.455. The first kappa shape index (κ1) is 12.4. The molecule has 0 saturated heterocycles. The molecule has 2 N–H and O–H groups in total. The Morgan fingerprint density at radius 2 is 2.25 bits per heavy atom. The first-order valence-corrected chi connectivity index (χ1v) is 5.21. The molecule has 1 amide bonds. The van der Waals surface area contributed by atoms with Crippen molar-refractivity contribution in [2.45, 2.75) is 6.42 Å². The summed E-state index contributed by atoms with van der Waals surface area (Å²) in [6.45, 7) is 0.670. The van der Waals surface area contributed by atoms with E-state index in [9.17, 15) is 4.79 Å². The zero-order chi connectivity index (χ0) is 12.0. The first-order valence-electron chi connectivity index (χ1n) is 5.21. The van der Waals surface area contributed by atoms with Crippen LogP contribution in [0.15, 0.2) is 18.5 Å². The molecular weight excluding hydrogens is 204 g/mol. The second-order valence-electron chi connectivity index (χ2n) is 3.69. The number of anilines is 2. The van der Waals surface area contributed by atoms with Crippen molar-refractivity contribution < 1.29 is 4.79 Å². The zero-order valence-corrected chi connectivity index (χ0v) is 9.95. The van der Waals surface area contributed by atoms with Crippen molar-refractivity contribution in [2.24, 2.45) is 0 Å². The molecule has 88 valence electrons. The van der Waals surface area contributed by atoms with Gasteiger partial charge in [-0.2, -0.15) is 0 Å². The number of aromatic nitrogens is 1. The van der Waals surface area contributed by atoms with Crippen LogP contribution >= 0.6 is 0 Å². The van der Waals surface area contributed by atoms with Gasteiger partial charge in [-0.3, -0.25) is 9.78 Å². The fourth-order valence-corrected chi connectivity index (χ4v) is 1.32. The van der Waals surface area contributed by atoms with Crippen LogP contribution in [0.2, 0.25) is 0 Å². The number of carbonyl (C=O) groups is 1. The van der Waals surface area contributed by atoms with Crippen molar-refractivity contribution in [2.75, 3.05) is 37.9 Å². The Morgan fingerprint density at radius 1 is 1.50 bits per heavy atom. The lowest BCUT2D eigenvalue weighted by atomic mass is 10.3. The van der Waals surface area contributed by atoms with Crippen molar-refractivity contribution in [1.29, 1.82) is 0 Å². The minimum Gasteiger partial charge on any atom is -0.376 e. The van der Waals surface area contributed by atoms with E-state index in [0.29, 0.717) is 13.0 Å². The quantitative estimate of drug-likeness (QED) is 0.770. The van der Waals surface area contributed by atoms with Gasteiger partial charge < -0.3 is 15.5 Å². The summed E-state index contributed by atoms with van der Waals surface area (Å²) in [5.41, 5.74) is 1.70. The number of pyridine rings is 1. The van der Waals surface area contributed by atoms with E-state index in [1.807, 2.05) is 32.1 Å². The maximum absolute atomic E-state index is 11.5. The highest BCUT2D eigenvalue weighted by Gasteiger charge is 2.07. The third kappa shape index (κ3) is 3.51. The van der Waals surface area contributed by atoms with Gasteiger partial charge in [-0.05, 0) is 13.1 Å². The van der Waals surface area contributed by atoms with Crippen molar-refractivity contribution in [3.05, 3.63) is 18.5 Å². The molecule has 0 saturated carbocycles. The SMILES string of the molecule is CNCCC(=O)Nc1cnccc1N(C)C. The molecule has 5 heteroatoms.